The first-order valence-electron chi connectivity index (χ1n) is 7.05. The Bertz CT molecular complexity index is 1020. The highest BCUT2D eigenvalue weighted by Gasteiger charge is 2.23. The topological polar surface area (TPSA) is 98.4 Å². The summed E-state index contributed by atoms with van der Waals surface area (Å²) >= 11 is 0. The molecule has 126 valence electrons. The van der Waals surface area contributed by atoms with E-state index >= 15 is 0 Å². The molecule has 3 aromatic rings. The van der Waals surface area contributed by atoms with Crippen LogP contribution in [0.5, 0.6) is 28.7 Å². The summed E-state index contributed by atoms with van der Waals surface area (Å²) in [5.74, 6) is -0.214. The summed E-state index contributed by atoms with van der Waals surface area (Å²) in [5, 5.41) is 20.6. The third-order valence-corrected chi connectivity index (χ3v) is 3.89. The fourth-order valence-electron chi connectivity index (χ4n) is 2.82. The van der Waals surface area contributed by atoms with Gasteiger partial charge in [-0.25, -0.2) is 0 Å². The van der Waals surface area contributed by atoms with Crippen molar-refractivity contribution in [3.05, 3.63) is 27.9 Å². The van der Waals surface area contributed by atoms with Crippen molar-refractivity contribution in [3.8, 4) is 28.7 Å². The van der Waals surface area contributed by atoms with Gasteiger partial charge in [0.1, 0.15) is 11.0 Å². The van der Waals surface area contributed by atoms with E-state index in [9.17, 15) is 15.0 Å². The van der Waals surface area contributed by atoms with Crippen LogP contribution >= 0.6 is 0 Å². The summed E-state index contributed by atoms with van der Waals surface area (Å²) in [6.07, 6.45) is 0. The Morgan fingerprint density at radius 2 is 1.62 bits per heavy atom. The molecular weight excluding hydrogens is 316 g/mol. The molecule has 0 fully saturated rings. The minimum atomic E-state index is -0.458. The van der Waals surface area contributed by atoms with Crippen molar-refractivity contribution in [2.45, 2.75) is 6.92 Å². The zero-order valence-corrected chi connectivity index (χ0v) is 13.6. The van der Waals surface area contributed by atoms with Gasteiger partial charge in [0.2, 0.25) is 16.9 Å². The largest absolute Gasteiger partial charge is 0.504 e. The van der Waals surface area contributed by atoms with Crippen molar-refractivity contribution in [2.24, 2.45) is 0 Å². The third-order valence-electron chi connectivity index (χ3n) is 3.89. The van der Waals surface area contributed by atoms with E-state index in [0.29, 0.717) is 5.56 Å². The van der Waals surface area contributed by atoms with Crippen LogP contribution < -0.4 is 19.6 Å². The lowest BCUT2D eigenvalue weighted by molar-refractivity contribution is 0.334. The molecule has 0 aliphatic heterocycles. The highest BCUT2D eigenvalue weighted by molar-refractivity contribution is 5.99. The van der Waals surface area contributed by atoms with Gasteiger partial charge in [0.15, 0.2) is 22.8 Å². The minimum absolute atomic E-state index is 0.0315. The van der Waals surface area contributed by atoms with Gasteiger partial charge in [0.25, 0.3) is 0 Å². The molecule has 2 aromatic carbocycles. The molecule has 0 aliphatic carbocycles. The first-order valence-corrected chi connectivity index (χ1v) is 7.05. The number of hydrogen-bond donors (Lipinski definition) is 2. The van der Waals surface area contributed by atoms with Crippen LogP contribution in [0, 0.1) is 6.92 Å². The number of ether oxygens (including phenoxy) is 3. The number of benzene rings is 2. The molecule has 0 atom stereocenters. The van der Waals surface area contributed by atoms with E-state index in [1.807, 2.05) is 0 Å². The third kappa shape index (κ3) is 2.01. The average molecular weight is 332 g/mol. The normalized spacial score (nSPS) is 11.0. The highest BCUT2D eigenvalue weighted by Crippen LogP contribution is 2.44. The first kappa shape index (κ1) is 15.8. The van der Waals surface area contributed by atoms with Gasteiger partial charge < -0.3 is 28.8 Å². The summed E-state index contributed by atoms with van der Waals surface area (Å²) < 4.78 is 21.2. The summed E-state index contributed by atoms with van der Waals surface area (Å²) in [5.41, 5.74) is 0.221. The van der Waals surface area contributed by atoms with Gasteiger partial charge in [-0.1, -0.05) is 0 Å². The van der Waals surface area contributed by atoms with E-state index in [1.54, 1.807) is 6.92 Å². The number of fused-ring (bicyclic) bond motifs is 2. The Morgan fingerprint density at radius 1 is 0.958 bits per heavy atom. The van der Waals surface area contributed by atoms with Gasteiger partial charge in [-0.2, -0.15) is 0 Å². The van der Waals surface area contributed by atoms with Gasteiger partial charge in [0.05, 0.1) is 26.7 Å². The number of phenols is 2. The number of hydrogen-bond acceptors (Lipinski definition) is 7. The zero-order valence-electron chi connectivity index (χ0n) is 13.6. The molecular formula is C17H16O7. The van der Waals surface area contributed by atoms with Crippen molar-refractivity contribution in [1.29, 1.82) is 0 Å². The van der Waals surface area contributed by atoms with Crippen LogP contribution in [0.25, 0.3) is 21.9 Å². The number of aromatic hydroxyl groups is 2. The molecule has 0 unspecified atom stereocenters. The van der Waals surface area contributed by atoms with Gasteiger partial charge in [0, 0.05) is 6.07 Å². The molecule has 24 heavy (non-hydrogen) atoms. The monoisotopic (exact) mass is 332 g/mol. The van der Waals surface area contributed by atoms with Crippen molar-refractivity contribution in [2.75, 3.05) is 21.3 Å². The van der Waals surface area contributed by atoms with Crippen LogP contribution in [0.3, 0.4) is 0 Å². The molecule has 3 rings (SSSR count). The SMILES string of the molecule is COc1cc2oc3c(OC)c(O)cc(C)c3c(=O)c2c(O)c1OC. The summed E-state index contributed by atoms with van der Waals surface area (Å²) in [7, 11) is 4.12. The minimum Gasteiger partial charge on any atom is -0.504 e. The second kappa shape index (κ2) is 5.52. The van der Waals surface area contributed by atoms with Gasteiger partial charge in [-0.05, 0) is 18.6 Å². The van der Waals surface area contributed by atoms with E-state index in [1.165, 1.54) is 33.5 Å². The lowest BCUT2D eigenvalue weighted by Crippen LogP contribution is -2.06. The Labute approximate surface area is 136 Å². The predicted octanol–water partition coefficient (Wildman–Crippen LogP) is 2.69. The summed E-state index contributed by atoms with van der Waals surface area (Å²) in [6, 6.07) is 2.84. The van der Waals surface area contributed by atoms with Gasteiger partial charge >= 0.3 is 0 Å². The Balaban J connectivity index is 2.61. The van der Waals surface area contributed by atoms with E-state index in [0.717, 1.165) is 0 Å². The molecule has 0 saturated carbocycles. The Kier molecular flexibility index (Phi) is 3.63. The number of rotatable bonds is 3. The fraction of sp³-hybridized carbons (Fsp3) is 0.235. The molecule has 0 saturated heterocycles. The predicted molar refractivity (Wildman–Crippen MR) is 87.7 cm³/mol. The molecule has 1 aromatic heterocycles. The van der Waals surface area contributed by atoms with Crippen LogP contribution in [0.2, 0.25) is 0 Å². The van der Waals surface area contributed by atoms with Crippen molar-refractivity contribution >= 4 is 21.9 Å². The second-order valence-corrected chi connectivity index (χ2v) is 5.21. The van der Waals surface area contributed by atoms with Crippen LogP contribution in [-0.4, -0.2) is 31.5 Å². The van der Waals surface area contributed by atoms with E-state index in [-0.39, 0.29) is 50.7 Å². The Morgan fingerprint density at radius 3 is 2.21 bits per heavy atom. The summed E-state index contributed by atoms with van der Waals surface area (Å²) in [6.45, 7) is 1.65. The molecule has 0 bridgehead atoms. The average Bonchev–Trinajstić information content (AvgIpc) is 2.54. The number of aryl methyl sites for hydroxylation is 1. The van der Waals surface area contributed by atoms with Crippen LogP contribution in [0.1, 0.15) is 5.56 Å². The van der Waals surface area contributed by atoms with Crippen molar-refractivity contribution in [3.63, 3.8) is 0 Å². The lowest BCUT2D eigenvalue weighted by Gasteiger charge is -2.13. The number of methoxy groups -OCH3 is 3. The van der Waals surface area contributed by atoms with E-state index < -0.39 is 5.43 Å². The maximum atomic E-state index is 12.9. The molecule has 1 heterocycles. The van der Waals surface area contributed by atoms with E-state index in [4.69, 9.17) is 18.6 Å². The molecule has 7 nitrogen and oxygen atoms in total. The fourth-order valence-corrected chi connectivity index (χ4v) is 2.82. The standard InChI is InChI=1S/C17H16O7/c1-7-5-8(18)15(22-3)17-11(7)13(19)12-9(24-17)6-10(21-2)16(23-4)14(12)20/h5-6,18,20H,1-4H3. The van der Waals surface area contributed by atoms with Crippen LogP contribution in [0.4, 0.5) is 0 Å². The van der Waals surface area contributed by atoms with Gasteiger partial charge in [-0.3, -0.25) is 4.79 Å². The van der Waals surface area contributed by atoms with Crippen molar-refractivity contribution < 1.29 is 28.8 Å². The Hall–Kier alpha value is -3.09. The van der Waals surface area contributed by atoms with Crippen molar-refractivity contribution in [1.82, 2.24) is 0 Å². The van der Waals surface area contributed by atoms with Gasteiger partial charge in [-0.15, -0.1) is 0 Å². The molecule has 0 spiro atoms. The summed E-state index contributed by atoms with van der Waals surface area (Å²) in [4.78, 5) is 12.9. The van der Waals surface area contributed by atoms with Crippen LogP contribution in [0.15, 0.2) is 21.3 Å². The first-order chi connectivity index (χ1) is 11.4. The quantitative estimate of drug-likeness (QED) is 0.711. The lowest BCUT2D eigenvalue weighted by atomic mass is 10.0. The molecule has 0 amide bonds. The highest BCUT2D eigenvalue weighted by atomic mass is 16.5. The van der Waals surface area contributed by atoms with Crippen LogP contribution in [-0.2, 0) is 0 Å². The maximum absolute atomic E-state index is 12.9. The smallest absolute Gasteiger partial charge is 0.204 e. The molecule has 2 N–H and O–H groups in total. The molecule has 7 heteroatoms. The second-order valence-electron chi connectivity index (χ2n) is 5.21. The molecule has 0 radical (unpaired) electrons. The molecule has 0 aliphatic rings. The maximum Gasteiger partial charge on any atom is 0.204 e. The zero-order chi connectivity index (χ0) is 17.6. The number of phenolic OH excluding ortho intramolecular Hbond substituents is 2. The van der Waals surface area contributed by atoms with E-state index in [2.05, 4.69) is 0 Å².